The van der Waals surface area contributed by atoms with E-state index in [1.54, 1.807) is 0 Å². The molecule has 0 atom stereocenters. The summed E-state index contributed by atoms with van der Waals surface area (Å²) >= 11 is 0. The maximum absolute atomic E-state index is 10.7. The molecule has 0 saturated heterocycles. The van der Waals surface area contributed by atoms with Crippen LogP contribution in [0, 0.1) is 16.7 Å². The third kappa shape index (κ3) is 2.27. The summed E-state index contributed by atoms with van der Waals surface area (Å²) in [6, 6.07) is 0. The molecule has 0 unspecified atom stereocenters. The number of carbonyl (C=O) groups is 1. The first-order valence-electron chi connectivity index (χ1n) is 5.21. The number of carboxylic acids is 1. The maximum Gasteiger partial charge on any atom is 0.303 e. The van der Waals surface area contributed by atoms with Crippen LogP contribution in [0.25, 0.3) is 0 Å². The smallest absolute Gasteiger partial charge is 0.303 e. The van der Waals surface area contributed by atoms with Crippen LogP contribution in [-0.4, -0.2) is 17.6 Å². The van der Waals surface area contributed by atoms with Crippen LogP contribution >= 0.6 is 0 Å². The summed E-state index contributed by atoms with van der Waals surface area (Å²) in [7, 11) is 0. The summed E-state index contributed by atoms with van der Waals surface area (Å²) in [5.74, 6) is -0.0896. The number of carboxylic acid groups (broad SMARTS) is 1. The lowest BCUT2D eigenvalue weighted by atomic mass is 9.53. The quantitative estimate of drug-likeness (QED) is 0.729. The van der Waals surface area contributed by atoms with Gasteiger partial charge in [-0.05, 0) is 36.1 Å². The largest absolute Gasteiger partial charge is 0.481 e. The van der Waals surface area contributed by atoms with E-state index in [4.69, 9.17) is 10.8 Å². The Morgan fingerprint density at radius 2 is 2.00 bits per heavy atom. The summed E-state index contributed by atoms with van der Waals surface area (Å²) in [4.78, 5) is 10.7. The van der Waals surface area contributed by atoms with Crippen molar-refractivity contribution in [3.05, 3.63) is 0 Å². The molecule has 3 heteroatoms. The van der Waals surface area contributed by atoms with Crippen LogP contribution in [0.5, 0.6) is 0 Å². The van der Waals surface area contributed by atoms with E-state index in [0.717, 1.165) is 12.8 Å². The van der Waals surface area contributed by atoms with Crippen molar-refractivity contribution in [1.29, 1.82) is 0 Å². The molecule has 3 nitrogen and oxygen atoms in total. The number of hydrogen-bond acceptors (Lipinski definition) is 2. The average Bonchev–Trinajstić information content (AvgIpc) is 1.93. The zero-order chi connectivity index (χ0) is 11.0. The fourth-order valence-corrected chi connectivity index (χ4v) is 2.30. The minimum atomic E-state index is -0.720. The minimum Gasteiger partial charge on any atom is -0.481 e. The highest BCUT2D eigenvalue weighted by Crippen LogP contribution is 2.54. The van der Waals surface area contributed by atoms with Gasteiger partial charge in [-0.3, -0.25) is 4.79 Å². The molecule has 1 aliphatic carbocycles. The molecular weight excluding hydrogens is 178 g/mol. The van der Waals surface area contributed by atoms with E-state index in [0.29, 0.717) is 12.5 Å². The van der Waals surface area contributed by atoms with Crippen molar-refractivity contribution in [1.82, 2.24) is 0 Å². The summed E-state index contributed by atoms with van der Waals surface area (Å²) in [5.41, 5.74) is 5.84. The van der Waals surface area contributed by atoms with Crippen molar-refractivity contribution < 1.29 is 9.90 Å². The van der Waals surface area contributed by atoms with Crippen LogP contribution < -0.4 is 5.73 Å². The average molecular weight is 199 g/mol. The number of rotatable bonds is 3. The first kappa shape index (κ1) is 11.5. The van der Waals surface area contributed by atoms with Crippen LogP contribution in [0.2, 0.25) is 0 Å². The molecule has 1 rings (SSSR count). The van der Waals surface area contributed by atoms with Gasteiger partial charge in [0.1, 0.15) is 0 Å². The molecule has 0 radical (unpaired) electrons. The van der Waals surface area contributed by atoms with Gasteiger partial charge in [-0.1, -0.05) is 20.8 Å². The monoisotopic (exact) mass is 199 g/mol. The van der Waals surface area contributed by atoms with Gasteiger partial charge in [-0.2, -0.15) is 0 Å². The highest BCUT2D eigenvalue weighted by molar-refractivity contribution is 5.68. The van der Waals surface area contributed by atoms with E-state index < -0.39 is 5.97 Å². The molecule has 0 aromatic carbocycles. The Hall–Kier alpha value is -0.570. The normalized spacial score (nSPS) is 32.4. The Labute approximate surface area is 85.7 Å². The molecule has 0 spiro atoms. The highest BCUT2D eigenvalue weighted by atomic mass is 16.4. The van der Waals surface area contributed by atoms with E-state index >= 15 is 0 Å². The van der Waals surface area contributed by atoms with Crippen LogP contribution in [0.3, 0.4) is 0 Å². The first-order valence-corrected chi connectivity index (χ1v) is 5.21. The standard InChI is InChI=1S/C11H21NO2/c1-10(2,3)8-4-11(5-8,7-12)6-9(13)14/h8H,4-7,12H2,1-3H3,(H,13,14)/t8-,11+. The van der Waals surface area contributed by atoms with Gasteiger partial charge in [0, 0.05) is 0 Å². The Morgan fingerprint density at radius 1 is 1.50 bits per heavy atom. The lowest BCUT2D eigenvalue weighted by molar-refractivity contribution is -0.143. The van der Waals surface area contributed by atoms with Crippen molar-refractivity contribution in [2.24, 2.45) is 22.5 Å². The van der Waals surface area contributed by atoms with Crippen LogP contribution in [0.15, 0.2) is 0 Å². The van der Waals surface area contributed by atoms with Crippen LogP contribution in [0.4, 0.5) is 0 Å². The Bertz CT molecular complexity index is 224. The van der Waals surface area contributed by atoms with Gasteiger partial charge < -0.3 is 10.8 Å². The van der Waals surface area contributed by atoms with E-state index in [1.807, 2.05) is 0 Å². The molecule has 3 N–H and O–H groups in total. The summed E-state index contributed by atoms with van der Waals surface area (Å²) in [6.07, 6.45) is 2.18. The van der Waals surface area contributed by atoms with Crippen molar-refractivity contribution in [3.8, 4) is 0 Å². The first-order chi connectivity index (χ1) is 6.29. The third-order valence-electron chi connectivity index (χ3n) is 3.54. The molecule has 1 aliphatic rings. The number of aliphatic carboxylic acids is 1. The van der Waals surface area contributed by atoms with Gasteiger partial charge in [-0.25, -0.2) is 0 Å². The SMILES string of the molecule is CC(C)(C)[C@H]1C[C@](CN)(CC(=O)O)C1. The second-order valence-electron chi connectivity index (χ2n) is 5.75. The molecule has 0 amide bonds. The van der Waals surface area contributed by atoms with Crippen molar-refractivity contribution in [2.45, 2.75) is 40.0 Å². The zero-order valence-corrected chi connectivity index (χ0v) is 9.34. The molecule has 0 aromatic rings. The van der Waals surface area contributed by atoms with Crippen LogP contribution in [-0.2, 0) is 4.79 Å². The van der Waals surface area contributed by atoms with Gasteiger partial charge in [0.15, 0.2) is 0 Å². The Kier molecular flexibility index (Phi) is 2.91. The Morgan fingerprint density at radius 3 is 2.29 bits per heavy atom. The van der Waals surface area contributed by atoms with E-state index in [1.165, 1.54) is 0 Å². The van der Waals surface area contributed by atoms with E-state index in [-0.39, 0.29) is 17.3 Å². The fourth-order valence-electron chi connectivity index (χ4n) is 2.30. The molecule has 1 fully saturated rings. The topological polar surface area (TPSA) is 63.3 Å². The predicted molar refractivity (Wildman–Crippen MR) is 55.9 cm³/mol. The Balaban J connectivity index is 2.53. The van der Waals surface area contributed by atoms with Crippen LogP contribution in [0.1, 0.15) is 40.0 Å². The minimum absolute atomic E-state index is 0.107. The second kappa shape index (κ2) is 3.54. The molecule has 0 bridgehead atoms. The van der Waals surface area contributed by atoms with E-state index in [2.05, 4.69) is 20.8 Å². The van der Waals surface area contributed by atoms with E-state index in [9.17, 15) is 4.79 Å². The maximum atomic E-state index is 10.7. The van der Waals surface area contributed by atoms with Gasteiger partial charge in [0.05, 0.1) is 6.42 Å². The highest BCUT2D eigenvalue weighted by Gasteiger charge is 2.48. The fraction of sp³-hybridized carbons (Fsp3) is 0.909. The van der Waals surface area contributed by atoms with Gasteiger partial charge in [0.25, 0.3) is 0 Å². The summed E-state index contributed by atoms with van der Waals surface area (Å²) in [5, 5.41) is 8.78. The molecule has 0 aromatic heterocycles. The van der Waals surface area contributed by atoms with Crippen molar-refractivity contribution in [2.75, 3.05) is 6.54 Å². The zero-order valence-electron chi connectivity index (χ0n) is 9.34. The molecule has 0 aliphatic heterocycles. The predicted octanol–water partition coefficient (Wildman–Crippen LogP) is 1.86. The summed E-state index contributed by atoms with van der Waals surface area (Å²) < 4.78 is 0. The molecule has 0 heterocycles. The van der Waals surface area contributed by atoms with Gasteiger partial charge >= 0.3 is 5.97 Å². The third-order valence-corrected chi connectivity index (χ3v) is 3.54. The van der Waals surface area contributed by atoms with Crippen molar-refractivity contribution >= 4 is 5.97 Å². The lowest BCUT2D eigenvalue weighted by Crippen LogP contribution is -2.48. The molecular formula is C11H21NO2. The second-order valence-corrected chi connectivity index (χ2v) is 5.75. The summed E-state index contributed by atoms with van der Waals surface area (Å²) in [6.45, 7) is 7.13. The van der Waals surface area contributed by atoms with Gasteiger partial charge in [-0.15, -0.1) is 0 Å². The molecule has 14 heavy (non-hydrogen) atoms. The molecule has 1 saturated carbocycles. The lowest BCUT2D eigenvalue weighted by Gasteiger charge is -2.52. The number of hydrogen-bond donors (Lipinski definition) is 2. The molecule has 82 valence electrons. The van der Waals surface area contributed by atoms with Crippen molar-refractivity contribution in [3.63, 3.8) is 0 Å². The number of nitrogens with two attached hydrogens (primary N) is 1. The van der Waals surface area contributed by atoms with Gasteiger partial charge in [0.2, 0.25) is 0 Å².